The highest BCUT2D eigenvalue weighted by Crippen LogP contribution is 2.47. The molecule has 0 amide bonds. The highest BCUT2D eigenvalue weighted by atomic mass is 16.6. The number of hydrogen-bond donors (Lipinski definition) is 0. The maximum atomic E-state index is 12.0. The number of likely N-dealkylation sites (N-methyl/N-ethyl adjacent to an activating group) is 1. The van der Waals surface area contributed by atoms with Gasteiger partial charge < -0.3 is 9.47 Å². The molecule has 3 aliphatic rings. The normalized spacial score (nSPS) is 38.4. The number of rotatable bonds is 3. The summed E-state index contributed by atoms with van der Waals surface area (Å²) in [6.07, 6.45) is 3.04. The van der Waals surface area contributed by atoms with E-state index in [4.69, 9.17) is 9.47 Å². The first kappa shape index (κ1) is 12.4. The largest absolute Gasteiger partial charge is 0.462 e. The fraction of sp³-hybridized carbons (Fsp3) is 0.562. The van der Waals surface area contributed by atoms with Crippen molar-refractivity contribution in [2.24, 2.45) is 0 Å². The molecular formula is C16H19NO3. The third-order valence-corrected chi connectivity index (χ3v) is 4.86. The molecule has 1 aromatic carbocycles. The molecule has 1 aromatic rings. The molecule has 3 heterocycles. The van der Waals surface area contributed by atoms with Crippen molar-refractivity contribution in [1.29, 1.82) is 0 Å². The van der Waals surface area contributed by atoms with Crippen molar-refractivity contribution in [3.63, 3.8) is 0 Å². The van der Waals surface area contributed by atoms with Crippen LogP contribution >= 0.6 is 0 Å². The minimum atomic E-state index is -0.111. The molecule has 3 fully saturated rings. The molecule has 4 rings (SSSR count). The van der Waals surface area contributed by atoms with E-state index in [9.17, 15) is 4.79 Å². The van der Waals surface area contributed by atoms with Crippen molar-refractivity contribution in [2.75, 3.05) is 7.05 Å². The van der Waals surface area contributed by atoms with Crippen LogP contribution in [0.15, 0.2) is 30.3 Å². The Labute approximate surface area is 118 Å². The van der Waals surface area contributed by atoms with E-state index in [2.05, 4.69) is 11.9 Å². The van der Waals surface area contributed by atoms with Gasteiger partial charge in [0.15, 0.2) is 0 Å². The fourth-order valence-electron chi connectivity index (χ4n) is 3.79. The van der Waals surface area contributed by atoms with Gasteiger partial charge in [0.2, 0.25) is 0 Å². The zero-order valence-corrected chi connectivity index (χ0v) is 11.6. The highest BCUT2D eigenvalue weighted by molar-refractivity contribution is 5.72. The second kappa shape index (κ2) is 4.57. The van der Waals surface area contributed by atoms with E-state index in [1.54, 1.807) is 0 Å². The minimum Gasteiger partial charge on any atom is -0.462 e. The number of hydrogen-bond acceptors (Lipinski definition) is 4. The SMILES string of the molecule is CN1[C@@H]2CC(OC(=O)Cc3ccccc3)C[C@H]1[C@@H]1O[C@@H]12. The van der Waals surface area contributed by atoms with Crippen molar-refractivity contribution in [3.05, 3.63) is 35.9 Å². The maximum absolute atomic E-state index is 12.0. The molecule has 3 saturated heterocycles. The summed E-state index contributed by atoms with van der Waals surface area (Å²) in [5.41, 5.74) is 1.01. The summed E-state index contributed by atoms with van der Waals surface area (Å²) in [5.74, 6) is -0.111. The molecule has 1 unspecified atom stereocenters. The second-order valence-corrected chi connectivity index (χ2v) is 6.11. The topological polar surface area (TPSA) is 42.1 Å². The number of benzene rings is 1. The van der Waals surface area contributed by atoms with E-state index in [0.29, 0.717) is 30.7 Å². The predicted molar refractivity (Wildman–Crippen MR) is 73.3 cm³/mol. The van der Waals surface area contributed by atoms with Gasteiger partial charge in [-0.1, -0.05) is 30.3 Å². The summed E-state index contributed by atoms with van der Waals surface area (Å²) in [5, 5.41) is 0. The highest BCUT2D eigenvalue weighted by Gasteiger charge is 2.62. The first-order valence-electron chi connectivity index (χ1n) is 7.33. The Morgan fingerprint density at radius 1 is 1.25 bits per heavy atom. The fourth-order valence-corrected chi connectivity index (χ4v) is 3.79. The number of morpholine rings is 1. The standard InChI is InChI=1S/C16H19NO3/c1-17-12-8-11(9-13(17)16-15(12)20-16)19-14(18)7-10-5-3-2-4-6-10/h2-6,11-13,15-16H,7-9H2,1H3/t11?,12-,13+,15-,16+. The lowest BCUT2D eigenvalue weighted by Gasteiger charge is -2.37. The Balaban J connectivity index is 1.35. The van der Waals surface area contributed by atoms with Gasteiger partial charge in [-0.3, -0.25) is 9.69 Å². The van der Waals surface area contributed by atoms with Crippen molar-refractivity contribution in [2.45, 2.75) is 49.7 Å². The monoisotopic (exact) mass is 273 g/mol. The lowest BCUT2D eigenvalue weighted by Crippen LogP contribution is -2.47. The number of piperidine rings is 1. The number of esters is 1. The van der Waals surface area contributed by atoms with E-state index in [0.717, 1.165) is 18.4 Å². The third kappa shape index (κ3) is 2.03. The summed E-state index contributed by atoms with van der Waals surface area (Å²) in [7, 11) is 2.16. The van der Waals surface area contributed by atoms with E-state index < -0.39 is 0 Å². The smallest absolute Gasteiger partial charge is 0.310 e. The van der Waals surface area contributed by atoms with Crippen LogP contribution in [0.1, 0.15) is 18.4 Å². The van der Waals surface area contributed by atoms with Crippen LogP contribution in [-0.4, -0.2) is 48.3 Å². The summed E-state index contributed by atoms with van der Waals surface area (Å²) < 4.78 is 11.3. The number of carbonyl (C=O) groups is 1. The van der Waals surface area contributed by atoms with Crippen LogP contribution in [0, 0.1) is 0 Å². The molecule has 3 aliphatic heterocycles. The average molecular weight is 273 g/mol. The summed E-state index contributed by atoms with van der Waals surface area (Å²) >= 11 is 0. The first-order valence-corrected chi connectivity index (χ1v) is 7.33. The minimum absolute atomic E-state index is 0.0637. The van der Waals surface area contributed by atoms with Crippen LogP contribution in [0.2, 0.25) is 0 Å². The van der Waals surface area contributed by atoms with Crippen molar-refractivity contribution in [3.8, 4) is 0 Å². The van der Waals surface area contributed by atoms with Crippen LogP contribution in [0.5, 0.6) is 0 Å². The van der Waals surface area contributed by atoms with Gasteiger partial charge in [0.1, 0.15) is 18.3 Å². The molecule has 0 spiro atoms. The zero-order chi connectivity index (χ0) is 13.7. The van der Waals surface area contributed by atoms with Gasteiger partial charge in [0.25, 0.3) is 0 Å². The molecule has 20 heavy (non-hydrogen) atoms. The van der Waals surface area contributed by atoms with Crippen LogP contribution in [0.25, 0.3) is 0 Å². The number of carbonyl (C=O) groups excluding carboxylic acids is 1. The molecular weight excluding hydrogens is 254 g/mol. The molecule has 0 radical (unpaired) electrons. The molecule has 5 atom stereocenters. The van der Waals surface area contributed by atoms with E-state index in [1.807, 2.05) is 30.3 Å². The van der Waals surface area contributed by atoms with Gasteiger partial charge in [0.05, 0.1) is 6.42 Å². The van der Waals surface area contributed by atoms with Crippen LogP contribution < -0.4 is 0 Å². The average Bonchev–Trinajstić information content (AvgIpc) is 3.18. The predicted octanol–water partition coefficient (Wildman–Crippen LogP) is 1.38. The number of epoxide rings is 1. The molecule has 0 aliphatic carbocycles. The summed E-state index contributed by atoms with van der Waals surface area (Å²) in [4.78, 5) is 14.4. The van der Waals surface area contributed by atoms with Crippen molar-refractivity contribution >= 4 is 5.97 Å². The van der Waals surface area contributed by atoms with Gasteiger partial charge in [0, 0.05) is 24.9 Å². The quantitative estimate of drug-likeness (QED) is 0.616. The molecule has 2 bridgehead atoms. The van der Waals surface area contributed by atoms with Crippen molar-refractivity contribution < 1.29 is 14.3 Å². The lowest BCUT2D eigenvalue weighted by molar-refractivity contribution is -0.152. The summed E-state index contributed by atoms with van der Waals surface area (Å²) in [6.45, 7) is 0. The van der Waals surface area contributed by atoms with Crippen LogP contribution in [0.3, 0.4) is 0 Å². The van der Waals surface area contributed by atoms with Crippen molar-refractivity contribution in [1.82, 2.24) is 4.90 Å². The number of ether oxygens (including phenoxy) is 2. The number of nitrogens with zero attached hydrogens (tertiary/aromatic N) is 1. The molecule has 4 nitrogen and oxygen atoms in total. The molecule has 0 saturated carbocycles. The Morgan fingerprint density at radius 2 is 1.90 bits per heavy atom. The molecule has 0 aromatic heterocycles. The molecule has 4 heteroatoms. The second-order valence-electron chi connectivity index (χ2n) is 6.11. The van der Waals surface area contributed by atoms with Gasteiger partial charge in [-0.25, -0.2) is 0 Å². The third-order valence-electron chi connectivity index (χ3n) is 4.86. The molecule has 0 N–H and O–H groups in total. The van der Waals surface area contributed by atoms with Gasteiger partial charge in [-0.15, -0.1) is 0 Å². The van der Waals surface area contributed by atoms with E-state index in [1.165, 1.54) is 0 Å². The Morgan fingerprint density at radius 3 is 2.55 bits per heavy atom. The van der Waals surface area contributed by atoms with Crippen LogP contribution in [-0.2, 0) is 20.7 Å². The maximum Gasteiger partial charge on any atom is 0.310 e. The van der Waals surface area contributed by atoms with E-state index in [-0.39, 0.29) is 12.1 Å². The van der Waals surface area contributed by atoms with E-state index >= 15 is 0 Å². The number of fused-ring (bicyclic) bond motifs is 5. The Hall–Kier alpha value is -1.39. The van der Waals surface area contributed by atoms with Gasteiger partial charge in [-0.05, 0) is 12.6 Å². The zero-order valence-electron chi connectivity index (χ0n) is 11.6. The molecule has 106 valence electrons. The first-order chi connectivity index (χ1) is 9.72. The van der Waals surface area contributed by atoms with Crippen LogP contribution in [0.4, 0.5) is 0 Å². The van der Waals surface area contributed by atoms with Gasteiger partial charge in [-0.2, -0.15) is 0 Å². The Kier molecular flexibility index (Phi) is 2.82. The summed E-state index contributed by atoms with van der Waals surface area (Å²) in [6, 6.07) is 10.6. The Bertz CT molecular complexity index is 500. The van der Waals surface area contributed by atoms with Gasteiger partial charge >= 0.3 is 5.97 Å². The lowest BCUT2D eigenvalue weighted by atomic mass is 9.99.